The highest BCUT2D eigenvalue weighted by Gasteiger charge is 2.05. The molecule has 2 aromatic carbocycles. The van der Waals surface area contributed by atoms with Crippen LogP contribution in [0.4, 0.5) is 28.8 Å². The van der Waals surface area contributed by atoms with Gasteiger partial charge in [0.1, 0.15) is 5.82 Å². The molecule has 6 heteroatoms. The minimum Gasteiger partial charge on any atom is -0.340 e. The lowest BCUT2D eigenvalue weighted by Crippen LogP contribution is -2.06. The number of hydrogen-bond donors (Lipinski definition) is 3. The largest absolute Gasteiger partial charge is 0.340 e. The van der Waals surface area contributed by atoms with Crippen molar-refractivity contribution in [3.05, 3.63) is 65.9 Å². The molecule has 26 heavy (non-hydrogen) atoms. The molecule has 0 bridgehead atoms. The van der Waals surface area contributed by atoms with E-state index in [1.165, 1.54) is 12.5 Å². The Bertz CT molecular complexity index is 922. The van der Waals surface area contributed by atoms with Crippen LogP contribution in [0.3, 0.4) is 0 Å². The van der Waals surface area contributed by atoms with Gasteiger partial charge in [-0.25, -0.2) is 4.98 Å². The number of carbonyl (C=O) groups is 1. The van der Waals surface area contributed by atoms with E-state index in [2.05, 4.69) is 32.8 Å². The molecular formula is C20H21N5O. The summed E-state index contributed by atoms with van der Waals surface area (Å²) in [6.45, 7) is 5.45. The van der Waals surface area contributed by atoms with Crippen LogP contribution in [0.2, 0.25) is 0 Å². The van der Waals surface area contributed by atoms with Crippen LogP contribution < -0.4 is 16.0 Å². The van der Waals surface area contributed by atoms with Gasteiger partial charge in [-0.3, -0.25) is 4.79 Å². The van der Waals surface area contributed by atoms with E-state index >= 15 is 0 Å². The number of anilines is 5. The molecule has 6 nitrogen and oxygen atoms in total. The van der Waals surface area contributed by atoms with E-state index in [1.54, 1.807) is 0 Å². The number of amides is 1. The van der Waals surface area contributed by atoms with Crippen molar-refractivity contribution in [2.75, 3.05) is 16.0 Å². The third-order valence-electron chi connectivity index (χ3n) is 3.62. The molecule has 0 aliphatic carbocycles. The first-order valence-electron chi connectivity index (χ1n) is 8.32. The zero-order valence-electron chi connectivity index (χ0n) is 15.0. The Morgan fingerprint density at radius 2 is 1.58 bits per heavy atom. The predicted octanol–water partition coefficient (Wildman–Crippen LogP) is 4.54. The van der Waals surface area contributed by atoms with E-state index < -0.39 is 0 Å². The van der Waals surface area contributed by atoms with Gasteiger partial charge >= 0.3 is 0 Å². The number of rotatable bonds is 5. The Hall–Kier alpha value is -3.41. The van der Waals surface area contributed by atoms with Gasteiger partial charge in [-0.05, 0) is 44.2 Å². The van der Waals surface area contributed by atoms with Crippen LogP contribution in [0.5, 0.6) is 0 Å². The second-order valence-electron chi connectivity index (χ2n) is 6.10. The Kier molecular flexibility index (Phi) is 5.12. The summed E-state index contributed by atoms with van der Waals surface area (Å²) >= 11 is 0. The molecule has 132 valence electrons. The maximum absolute atomic E-state index is 11.2. The van der Waals surface area contributed by atoms with E-state index in [0.717, 1.165) is 17.1 Å². The number of nitrogens with zero attached hydrogens (tertiary/aromatic N) is 2. The summed E-state index contributed by atoms with van der Waals surface area (Å²) in [5.41, 5.74) is 4.52. The van der Waals surface area contributed by atoms with Crippen molar-refractivity contribution in [3.8, 4) is 0 Å². The molecule has 1 amide bonds. The van der Waals surface area contributed by atoms with Crippen molar-refractivity contribution < 1.29 is 4.79 Å². The molecule has 0 saturated carbocycles. The quantitative estimate of drug-likeness (QED) is 0.631. The number of hydrogen-bond acceptors (Lipinski definition) is 5. The van der Waals surface area contributed by atoms with Gasteiger partial charge in [0.2, 0.25) is 11.9 Å². The van der Waals surface area contributed by atoms with Gasteiger partial charge < -0.3 is 16.0 Å². The molecule has 0 aliphatic rings. The van der Waals surface area contributed by atoms with Crippen LogP contribution in [-0.4, -0.2) is 15.9 Å². The molecule has 0 atom stereocenters. The van der Waals surface area contributed by atoms with Gasteiger partial charge in [-0.15, -0.1) is 0 Å². The Morgan fingerprint density at radius 3 is 2.31 bits per heavy atom. The summed E-state index contributed by atoms with van der Waals surface area (Å²) in [6.07, 6.45) is 0. The molecule has 0 spiro atoms. The Labute approximate surface area is 152 Å². The van der Waals surface area contributed by atoms with E-state index in [9.17, 15) is 4.79 Å². The van der Waals surface area contributed by atoms with Crippen molar-refractivity contribution >= 4 is 34.7 Å². The molecule has 0 fully saturated rings. The fraction of sp³-hybridized carbons (Fsp3) is 0.150. The molecule has 3 N–H and O–H groups in total. The van der Waals surface area contributed by atoms with Gasteiger partial charge in [0.05, 0.1) is 0 Å². The van der Waals surface area contributed by atoms with E-state index in [4.69, 9.17) is 0 Å². The average molecular weight is 347 g/mol. The lowest BCUT2D eigenvalue weighted by Gasteiger charge is -2.11. The number of aryl methyl sites for hydroxylation is 2. The number of nitrogens with one attached hydrogen (secondary N) is 3. The normalized spacial score (nSPS) is 10.3. The lowest BCUT2D eigenvalue weighted by molar-refractivity contribution is -0.114. The highest BCUT2D eigenvalue weighted by atomic mass is 16.1. The van der Waals surface area contributed by atoms with Gasteiger partial charge in [0.15, 0.2) is 0 Å². The first-order valence-corrected chi connectivity index (χ1v) is 8.32. The zero-order chi connectivity index (χ0) is 18.5. The van der Waals surface area contributed by atoms with Crippen molar-refractivity contribution in [2.24, 2.45) is 0 Å². The van der Waals surface area contributed by atoms with E-state index in [0.29, 0.717) is 17.5 Å². The fourth-order valence-corrected chi connectivity index (χ4v) is 2.48. The number of carbonyl (C=O) groups excluding carboxylic acids is 1. The monoisotopic (exact) mass is 347 g/mol. The van der Waals surface area contributed by atoms with Crippen LogP contribution in [-0.2, 0) is 4.79 Å². The van der Waals surface area contributed by atoms with Crippen molar-refractivity contribution in [1.29, 1.82) is 0 Å². The van der Waals surface area contributed by atoms with Crippen molar-refractivity contribution in [2.45, 2.75) is 20.8 Å². The maximum atomic E-state index is 11.2. The number of benzene rings is 2. The molecule has 0 unspecified atom stereocenters. The molecule has 0 aliphatic heterocycles. The van der Waals surface area contributed by atoms with Crippen molar-refractivity contribution in [1.82, 2.24) is 9.97 Å². The van der Waals surface area contributed by atoms with Crippen LogP contribution >= 0.6 is 0 Å². The van der Waals surface area contributed by atoms with Crippen molar-refractivity contribution in [3.63, 3.8) is 0 Å². The predicted molar refractivity (Wildman–Crippen MR) is 105 cm³/mol. The summed E-state index contributed by atoms with van der Waals surface area (Å²) in [5, 5.41) is 9.23. The number of aromatic nitrogens is 2. The van der Waals surface area contributed by atoms with E-state index in [-0.39, 0.29) is 5.91 Å². The topological polar surface area (TPSA) is 78.9 Å². The van der Waals surface area contributed by atoms with Gasteiger partial charge in [0, 0.05) is 35.7 Å². The fourth-order valence-electron chi connectivity index (χ4n) is 2.48. The summed E-state index contributed by atoms with van der Waals surface area (Å²) in [6, 6.07) is 17.4. The molecule has 3 aromatic rings. The standard InChI is InChI=1S/C20H21N5O/c1-13-7-9-16(10-8-13)23-19-11-14(2)21-20(25-19)24-18-6-4-5-17(12-18)22-15(3)26/h4-12H,1-3H3,(H,22,26)(H2,21,23,24,25). The minimum atomic E-state index is -0.112. The van der Waals surface area contributed by atoms with Gasteiger partial charge in [0.25, 0.3) is 0 Å². The maximum Gasteiger partial charge on any atom is 0.229 e. The lowest BCUT2D eigenvalue weighted by atomic mass is 10.2. The molecule has 0 saturated heterocycles. The van der Waals surface area contributed by atoms with Crippen LogP contribution in [0.1, 0.15) is 18.2 Å². The third kappa shape index (κ3) is 4.80. The summed E-state index contributed by atoms with van der Waals surface area (Å²) in [7, 11) is 0. The minimum absolute atomic E-state index is 0.112. The Balaban J connectivity index is 1.79. The molecule has 3 rings (SSSR count). The Morgan fingerprint density at radius 1 is 0.846 bits per heavy atom. The summed E-state index contributed by atoms with van der Waals surface area (Å²) in [4.78, 5) is 20.1. The van der Waals surface area contributed by atoms with E-state index in [1.807, 2.05) is 61.5 Å². The summed E-state index contributed by atoms with van der Waals surface area (Å²) in [5.74, 6) is 1.08. The highest BCUT2D eigenvalue weighted by molar-refractivity contribution is 5.89. The molecule has 0 radical (unpaired) electrons. The molecular weight excluding hydrogens is 326 g/mol. The van der Waals surface area contributed by atoms with Gasteiger partial charge in [-0.2, -0.15) is 4.98 Å². The van der Waals surface area contributed by atoms with Crippen LogP contribution in [0, 0.1) is 13.8 Å². The SMILES string of the molecule is CC(=O)Nc1cccc(Nc2nc(C)cc(Nc3ccc(C)cc3)n2)c1. The smallest absolute Gasteiger partial charge is 0.229 e. The summed E-state index contributed by atoms with van der Waals surface area (Å²) < 4.78 is 0. The molecule has 1 heterocycles. The van der Waals surface area contributed by atoms with Crippen LogP contribution in [0.15, 0.2) is 54.6 Å². The second-order valence-corrected chi connectivity index (χ2v) is 6.10. The third-order valence-corrected chi connectivity index (χ3v) is 3.62. The molecule has 1 aromatic heterocycles. The second kappa shape index (κ2) is 7.65. The van der Waals surface area contributed by atoms with Gasteiger partial charge in [-0.1, -0.05) is 23.8 Å². The first kappa shape index (κ1) is 17.4. The first-order chi connectivity index (χ1) is 12.5. The van der Waals surface area contributed by atoms with Crippen LogP contribution in [0.25, 0.3) is 0 Å². The highest BCUT2D eigenvalue weighted by Crippen LogP contribution is 2.21. The average Bonchev–Trinajstić information content (AvgIpc) is 2.56. The zero-order valence-corrected chi connectivity index (χ0v) is 15.0.